The zero-order valence-electron chi connectivity index (χ0n) is 22.1. The van der Waals surface area contributed by atoms with Gasteiger partial charge in [-0.15, -0.1) is 0 Å². The van der Waals surface area contributed by atoms with E-state index in [1.807, 2.05) is 62.6 Å². The second kappa shape index (κ2) is 10.6. The van der Waals surface area contributed by atoms with E-state index in [0.29, 0.717) is 49.1 Å². The number of piperazine rings is 1. The van der Waals surface area contributed by atoms with Gasteiger partial charge in [-0.2, -0.15) is 20.1 Å². The molecule has 1 saturated heterocycles. The summed E-state index contributed by atoms with van der Waals surface area (Å²) in [7, 11) is 0. The molecule has 1 aromatic carbocycles. The van der Waals surface area contributed by atoms with Crippen LogP contribution in [0.25, 0.3) is 17.0 Å². The van der Waals surface area contributed by atoms with Crippen LogP contribution in [-0.4, -0.2) is 95.5 Å². The van der Waals surface area contributed by atoms with Gasteiger partial charge < -0.3 is 20.3 Å². The Morgan fingerprint density at radius 1 is 1.05 bits per heavy atom. The number of aryl methyl sites for hydroxylation is 1. The van der Waals surface area contributed by atoms with Gasteiger partial charge in [-0.3, -0.25) is 10.00 Å². The van der Waals surface area contributed by atoms with Crippen LogP contribution in [0.2, 0.25) is 0 Å². The first-order chi connectivity index (χ1) is 18.2. The molecule has 0 spiro atoms. The normalized spacial score (nSPS) is 14.6. The molecule has 0 atom stereocenters. The van der Waals surface area contributed by atoms with E-state index in [4.69, 9.17) is 14.7 Å². The predicted octanol–water partition coefficient (Wildman–Crippen LogP) is 2.95. The van der Waals surface area contributed by atoms with Crippen LogP contribution in [0.1, 0.15) is 26.6 Å². The van der Waals surface area contributed by atoms with Crippen LogP contribution in [0.5, 0.6) is 0 Å². The number of rotatable bonds is 7. The van der Waals surface area contributed by atoms with Gasteiger partial charge >= 0.3 is 6.09 Å². The Bertz CT molecular complexity index is 1390. The molecular weight excluding hydrogens is 486 g/mol. The molecule has 1 aliphatic rings. The van der Waals surface area contributed by atoms with Crippen molar-refractivity contribution in [2.45, 2.75) is 33.3 Å². The molecular formula is C25H33N11O2. The summed E-state index contributed by atoms with van der Waals surface area (Å²) in [6.07, 6.45) is 1.42. The number of aromatic nitrogens is 7. The molecule has 38 heavy (non-hydrogen) atoms. The van der Waals surface area contributed by atoms with Crippen LogP contribution in [0.3, 0.4) is 0 Å². The minimum absolute atomic E-state index is 0.253. The molecule has 200 valence electrons. The number of hydrogen-bond acceptors (Lipinski definition) is 10. The third-order valence-electron chi connectivity index (χ3n) is 5.98. The SMILES string of the molecule is Cc1nc(NCCN2CCN(C(=O)OC(C)(C)C)CC2)nc(-n2c(Nc3ccn[nH]3)nc3ccccc32)n1. The van der Waals surface area contributed by atoms with Gasteiger partial charge in [0, 0.05) is 45.3 Å². The second-order valence-corrected chi connectivity index (χ2v) is 10.1. The van der Waals surface area contributed by atoms with Gasteiger partial charge in [0.1, 0.15) is 17.2 Å². The average Bonchev–Trinajstić information content (AvgIpc) is 3.50. The maximum absolute atomic E-state index is 12.3. The maximum Gasteiger partial charge on any atom is 0.410 e. The summed E-state index contributed by atoms with van der Waals surface area (Å²) < 4.78 is 7.35. The lowest BCUT2D eigenvalue weighted by atomic mass is 10.2. The Morgan fingerprint density at radius 3 is 2.58 bits per heavy atom. The number of imidazole rings is 1. The van der Waals surface area contributed by atoms with Crippen molar-refractivity contribution >= 4 is 34.8 Å². The first-order valence-electron chi connectivity index (χ1n) is 12.7. The van der Waals surface area contributed by atoms with Crippen molar-refractivity contribution in [1.29, 1.82) is 0 Å². The van der Waals surface area contributed by atoms with E-state index in [0.717, 1.165) is 30.7 Å². The molecule has 3 aromatic heterocycles. The van der Waals surface area contributed by atoms with Gasteiger partial charge in [0.05, 0.1) is 17.2 Å². The number of nitrogens with one attached hydrogen (secondary N) is 3. The largest absolute Gasteiger partial charge is 0.444 e. The maximum atomic E-state index is 12.3. The lowest BCUT2D eigenvalue weighted by molar-refractivity contribution is 0.0148. The molecule has 0 saturated carbocycles. The summed E-state index contributed by atoms with van der Waals surface area (Å²) in [5.41, 5.74) is 1.19. The van der Waals surface area contributed by atoms with Crippen LogP contribution in [-0.2, 0) is 4.74 Å². The molecule has 0 aliphatic carbocycles. The molecule has 4 heterocycles. The number of nitrogens with zero attached hydrogens (tertiary/aromatic N) is 8. The highest BCUT2D eigenvalue weighted by molar-refractivity contribution is 5.81. The van der Waals surface area contributed by atoms with Gasteiger partial charge in [-0.1, -0.05) is 12.1 Å². The molecule has 13 nitrogen and oxygen atoms in total. The first-order valence-corrected chi connectivity index (χ1v) is 12.7. The molecule has 0 unspecified atom stereocenters. The number of anilines is 3. The van der Waals surface area contributed by atoms with Gasteiger partial charge in [-0.25, -0.2) is 14.3 Å². The third kappa shape index (κ3) is 5.99. The fourth-order valence-electron chi connectivity index (χ4n) is 4.21. The number of hydrogen-bond donors (Lipinski definition) is 3. The van der Waals surface area contributed by atoms with Gasteiger partial charge in [0.15, 0.2) is 0 Å². The highest BCUT2D eigenvalue weighted by Crippen LogP contribution is 2.25. The van der Waals surface area contributed by atoms with E-state index >= 15 is 0 Å². The summed E-state index contributed by atoms with van der Waals surface area (Å²) >= 11 is 0. The number of carbonyl (C=O) groups is 1. The van der Waals surface area contributed by atoms with Crippen LogP contribution >= 0.6 is 0 Å². The molecule has 5 rings (SSSR count). The van der Waals surface area contributed by atoms with Crippen LogP contribution in [0.4, 0.5) is 22.5 Å². The highest BCUT2D eigenvalue weighted by Gasteiger charge is 2.25. The molecule has 13 heteroatoms. The molecule has 3 N–H and O–H groups in total. The van der Waals surface area contributed by atoms with E-state index < -0.39 is 5.60 Å². The van der Waals surface area contributed by atoms with E-state index in [9.17, 15) is 4.79 Å². The topological polar surface area (TPSA) is 142 Å². The Balaban J connectivity index is 1.25. The Morgan fingerprint density at radius 2 is 1.84 bits per heavy atom. The van der Waals surface area contributed by atoms with Crippen LogP contribution in [0.15, 0.2) is 36.5 Å². The number of fused-ring (bicyclic) bond motifs is 1. The van der Waals surface area contributed by atoms with Crippen molar-refractivity contribution in [3.05, 3.63) is 42.4 Å². The minimum atomic E-state index is -0.488. The van der Waals surface area contributed by atoms with E-state index in [2.05, 4.69) is 35.7 Å². The number of benzene rings is 1. The lowest BCUT2D eigenvalue weighted by Gasteiger charge is -2.35. The van der Waals surface area contributed by atoms with Crippen LogP contribution in [0, 0.1) is 6.92 Å². The van der Waals surface area contributed by atoms with Crippen molar-refractivity contribution in [3.63, 3.8) is 0 Å². The summed E-state index contributed by atoms with van der Waals surface area (Å²) in [6, 6.07) is 9.64. The highest BCUT2D eigenvalue weighted by atomic mass is 16.6. The summed E-state index contributed by atoms with van der Waals surface area (Å²) in [5.74, 6) is 2.81. The fraction of sp³-hybridized carbons (Fsp3) is 0.440. The van der Waals surface area contributed by atoms with E-state index in [1.165, 1.54) is 0 Å². The summed E-state index contributed by atoms with van der Waals surface area (Å²) in [4.78, 5) is 34.9. The standard InChI is InChI=1S/C25H33N11O2/c1-17-28-21(26-11-12-34-13-15-35(16-14-34)24(37)38-25(2,3)4)32-22(29-17)36-19-8-6-5-7-18(19)30-23(36)31-20-9-10-27-33-20/h5-10H,11-16H2,1-4H3,(H,26,28,29,32)(H2,27,30,31,33). The summed E-state index contributed by atoms with van der Waals surface area (Å²) in [5, 5.41) is 13.5. The fourth-order valence-corrected chi connectivity index (χ4v) is 4.21. The van der Waals surface area contributed by atoms with Crippen molar-refractivity contribution in [2.75, 3.05) is 49.9 Å². The van der Waals surface area contributed by atoms with Gasteiger partial charge in [0.25, 0.3) is 0 Å². The zero-order chi connectivity index (χ0) is 26.7. The number of ether oxygens (including phenoxy) is 1. The zero-order valence-corrected chi connectivity index (χ0v) is 22.1. The smallest absolute Gasteiger partial charge is 0.410 e. The van der Waals surface area contributed by atoms with Crippen molar-refractivity contribution in [2.24, 2.45) is 0 Å². The Kier molecular flexibility index (Phi) is 7.09. The third-order valence-corrected chi connectivity index (χ3v) is 5.98. The molecule has 0 radical (unpaired) electrons. The second-order valence-electron chi connectivity index (χ2n) is 10.1. The average molecular weight is 520 g/mol. The monoisotopic (exact) mass is 519 g/mol. The lowest BCUT2D eigenvalue weighted by Crippen LogP contribution is -2.50. The quantitative estimate of drug-likeness (QED) is 0.333. The van der Waals surface area contributed by atoms with Crippen molar-refractivity contribution in [3.8, 4) is 5.95 Å². The van der Waals surface area contributed by atoms with E-state index in [1.54, 1.807) is 11.1 Å². The molecule has 1 fully saturated rings. The number of H-pyrrole nitrogens is 1. The van der Waals surface area contributed by atoms with Crippen molar-refractivity contribution in [1.82, 2.24) is 44.5 Å². The number of para-hydroxylation sites is 2. The molecule has 0 bridgehead atoms. The van der Waals surface area contributed by atoms with Gasteiger partial charge in [0.2, 0.25) is 17.8 Å². The summed E-state index contributed by atoms with van der Waals surface area (Å²) in [6.45, 7) is 11.8. The predicted molar refractivity (Wildman–Crippen MR) is 144 cm³/mol. The molecule has 1 aliphatic heterocycles. The molecule has 4 aromatic rings. The number of amides is 1. The van der Waals surface area contributed by atoms with E-state index in [-0.39, 0.29) is 6.09 Å². The Labute approximate surface area is 220 Å². The van der Waals surface area contributed by atoms with Crippen LogP contribution < -0.4 is 10.6 Å². The minimum Gasteiger partial charge on any atom is -0.444 e. The van der Waals surface area contributed by atoms with Gasteiger partial charge in [-0.05, 0) is 39.8 Å². The molecule has 1 amide bonds. The number of aromatic amines is 1. The Hall–Kier alpha value is -4.26. The number of carbonyl (C=O) groups excluding carboxylic acids is 1. The van der Waals surface area contributed by atoms with Crippen molar-refractivity contribution < 1.29 is 9.53 Å². The first kappa shape index (κ1) is 25.4.